The average Bonchev–Trinajstić information content (AvgIpc) is 2.50. The number of aryl methyl sites for hydroxylation is 3. The summed E-state index contributed by atoms with van der Waals surface area (Å²) in [5.74, 6) is -0.209. The van der Waals surface area contributed by atoms with Crippen LogP contribution in [0, 0.1) is 30.9 Å². The van der Waals surface area contributed by atoms with E-state index in [-0.39, 0.29) is 18.1 Å². The molecule has 0 heterocycles. The zero-order valence-electron chi connectivity index (χ0n) is 13.3. The summed E-state index contributed by atoms with van der Waals surface area (Å²) >= 11 is 0. The van der Waals surface area contributed by atoms with E-state index in [1.54, 1.807) is 6.07 Å². The van der Waals surface area contributed by atoms with Crippen molar-refractivity contribution < 1.29 is 9.72 Å². The summed E-state index contributed by atoms with van der Waals surface area (Å²) in [5.41, 5.74) is 4.41. The molecule has 120 valence electrons. The summed E-state index contributed by atoms with van der Waals surface area (Å²) < 4.78 is 0. The summed E-state index contributed by atoms with van der Waals surface area (Å²) in [4.78, 5) is 22.3. The van der Waals surface area contributed by atoms with Crippen molar-refractivity contribution in [1.82, 2.24) is 0 Å². The number of amides is 1. The van der Waals surface area contributed by atoms with Crippen LogP contribution in [-0.4, -0.2) is 17.4 Å². The molecule has 0 saturated carbocycles. The minimum atomic E-state index is -0.459. The SMILES string of the molecule is Cc1ccc(NC(=O)CNc2cc([N+](=O)[O-])ccc2C)cc1C. The van der Waals surface area contributed by atoms with Crippen LogP contribution in [0.15, 0.2) is 36.4 Å². The molecule has 0 spiro atoms. The topological polar surface area (TPSA) is 84.3 Å². The van der Waals surface area contributed by atoms with E-state index in [4.69, 9.17) is 0 Å². The molecule has 6 nitrogen and oxygen atoms in total. The molecule has 0 atom stereocenters. The number of anilines is 2. The third kappa shape index (κ3) is 4.29. The Morgan fingerprint density at radius 3 is 2.39 bits per heavy atom. The smallest absolute Gasteiger partial charge is 0.271 e. The molecule has 2 aromatic rings. The van der Waals surface area contributed by atoms with Gasteiger partial charge in [-0.1, -0.05) is 12.1 Å². The Hall–Kier alpha value is -2.89. The Labute approximate surface area is 134 Å². The monoisotopic (exact) mass is 313 g/mol. The molecule has 0 aliphatic heterocycles. The zero-order chi connectivity index (χ0) is 17.0. The normalized spacial score (nSPS) is 10.2. The molecule has 0 bridgehead atoms. The van der Waals surface area contributed by atoms with Crippen LogP contribution in [0.2, 0.25) is 0 Å². The summed E-state index contributed by atoms with van der Waals surface area (Å²) in [6, 6.07) is 10.2. The standard InChI is InChI=1S/C17H19N3O3/c1-11-4-6-14(8-13(11)3)19-17(21)10-18-16-9-15(20(22)23)7-5-12(16)2/h4-9,18H,10H2,1-3H3,(H,19,21). The molecule has 0 unspecified atom stereocenters. The Morgan fingerprint density at radius 2 is 1.74 bits per heavy atom. The zero-order valence-corrected chi connectivity index (χ0v) is 13.3. The highest BCUT2D eigenvalue weighted by atomic mass is 16.6. The lowest BCUT2D eigenvalue weighted by atomic mass is 10.1. The molecule has 0 aromatic heterocycles. The van der Waals surface area contributed by atoms with Gasteiger partial charge in [-0.05, 0) is 49.6 Å². The molecule has 2 N–H and O–H groups in total. The van der Waals surface area contributed by atoms with E-state index in [1.165, 1.54) is 12.1 Å². The summed E-state index contributed by atoms with van der Waals surface area (Å²) in [7, 11) is 0. The maximum atomic E-state index is 12.0. The van der Waals surface area contributed by atoms with Crippen molar-refractivity contribution in [2.45, 2.75) is 20.8 Å². The van der Waals surface area contributed by atoms with E-state index in [0.717, 1.165) is 22.4 Å². The van der Waals surface area contributed by atoms with E-state index in [2.05, 4.69) is 10.6 Å². The highest BCUT2D eigenvalue weighted by Crippen LogP contribution is 2.21. The van der Waals surface area contributed by atoms with Crippen LogP contribution in [0.25, 0.3) is 0 Å². The Morgan fingerprint density at radius 1 is 1.04 bits per heavy atom. The number of hydrogen-bond donors (Lipinski definition) is 2. The third-order valence-electron chi connectivity index (χ3n) is 3.66. The van der Waals surface area contributed by atoms with E-state index >= 15 is 0 Å². The van der Waals surface area contributed by atoms with Gasteiger partial charge in [0.1, 0.15) is 0 Å². The number of benzene rings is 2. The number of rotatable bonds is 5. The molecule has 23 heavy (non-hydrogen) atoms. The van der Waals surface area contributed by atoms with Crippen molar-refractivity contribution in [3.63, 3.8) is 0 Å². The number of nitro groups is 1. The third-order valence-corrected chi connectivity index (χ3v) is 3.66. The minimum Gasteiger partial charge on any atom is -0.376 e. The van der Waals surface area contributed by atoms with Gasteiger partial charge in [0, 0.05) is 23.5 Å². The fourth-order valence-electron chi connectivity index (χ4n) is 2.11. The molecule has 0 saturated heterocycles. The number of carbonyl (C=O) groups is 1. The Bertz CT molecular complexity index is 757. The molecular formula is C17H19N3O3. The highest BCUT2D eigenvalue weighted by Gasteiger charge is 2.10. The minimum absolute atomic E-state index is 0.00679. The Balaban J connectivity index is 2.00. The van der Waals surface area contributed by atoms with Crippen LogP contribution in [-0.2, 0) is 4.79 Å². The number of carbonyl (C=O) groups excluding carboxylic acids is 1. The van der Waals surface area contributed by atoms with Gasteiger partial charge in [-0.2, -0.15) is 0 Å². The fraction of sp³-hybridized carbons (Fsp3) is 0.235. The van der Waals surface area contributed by atoms with Crippen LogP contribution < -0.4 is 10.6 Å². The molecule has 0 fully saturated rings. The Kier molecular flexibility index (Phi) is 4.95. The largest absolute Gasteiger partial charge is 0.376 e. The number of non-ortho nitro benzene ring substituents is 1. The molecule has 2 aromatic carbocycles. The van der Waals surface area contributed by atoms with Crippen LogP contribution in [0.3, 0.4) is 0 Å². The molecule has 0 aliphatic carbocycles. The second kappa shape index (κ2) is 6.91. The second-order valence-corrected chi connectivity index (χ2v) is 5.46. The lowest BCUT2D eigenvalue weighted by Gasteiger charge is -2.11. The van der Waals surface area contributed by atoms with Crippen molar-refractivity contribution in [2.24, 2.45) is 0 Å². The van der Waals surface area contributed by atoms with E-state index in [0.29, 0.717) is 5.69 Å². The fourth-order valence-corrected chi connectivity index (χ4v) is 2.11. The molecule has 0 aliphatic rings. The second-order valence-electron chi connectivity index (χ2n) is 5.46. The van der Waals surface area contributed by atoms with Gasteiger partial charge in [-0.3, -0.25) is 14.9 Å². The molecule has 2 rings (SSSR count). The van der Waals surface area contributed by atoms with Gasteiger partial charge in [0.25, 0.3) is 5.69 Å². The lowest BCUT2D eigenvalue weighted by Crippen LogP contribution is -2.22. The van der Waals surface area contributed by atoms with Gasteiger partial charge in [0.15, 0.2) is 0 Å². The van der Waals surface area contributed by atoms with Crippen molar-refractivity contribution in [3.8, 4) is 0 Å². The first-order valence-corrected chi connectivity index (χ1v) is 7.23. The first-order chi connectivity index (χ1) is 10.9. The molecule has 6 heteroatoms. The average molecular weight is 313 g/mol. The number of hydrogen-bond acceptors (Lipinski definition) is 4. The number of nitro benzene ring substituents is 1. The molecule has 1 amide bonds. The predicted octanol–water partition coefficient (Wildman–Crippen LogP) is 3.57. The summed E-state index contributed by atoms with van der Waals surface area (Å²) in [6.07, 6.45) is 0. The first-order valence-electron chi connectivity index (χ1n) is 7.23. The van der Waals surface area contributed by atoms with Crippen LogP contribution >= 0.6 is 0 Å². The lowest BCUT2D eigenvalue weighted by molar-refractivity contribution is -0.384. The van der Waals surface area contributed by atoms with E-state index < -0.39 is 4.92 Å². The van der Waals surface area contributed by atoms with Crippen molar-refractivity contribution in [1.29, 1.82) is 0 Å². The first kappa shape index (κ1) is 16.5. The van der Waals surface area contributed by atoms with Crippen LogP contribution in [0.4, 0.5) is 17.1 Å². The van der Waals surface area contributed by atoms with Gasteiger partial charge < -0.3 is 10.6 Å². The van der Waals surface area contributed by atoms with Crippen molar-refractivity contribution in [2.75, 3.05) is 17.2 Å². The van der Waals surface area contributed by atoms with Crippen LogP contribution in [0.1, 0.15) is 16.7 Å². The number of nitrogens with zero attached hydrogens (tertiary/aromatic N) is 1. The highest BCUT2D eigenvalue weighted by molar-refractivity contribution is 5.94. The maximum Gasteiger partial charge on any atom is 0.271 e. The van der Waals surface area contributed by atoms with Gasteiger partial charge in [-0.15, -0.1) is 0 Å². The van der Waals surface area contributed by atoms with Crippen molar-refractivity contribution in [3.05, 3.63) is 63.2 Å². The van der Waals surface area contributed by atoms with Gasteiger partial charge >= 0.3 is 0 Å². The molecular weight excluding hydrogens is 294 g/mol. The predicted molar refractivity (Wildman–Crippen MR) is 90.9 cm³/mol. The van der Waals surface area contributed by atoms with E-state index in [1.807, 2.05) is 39.0 Å². The number of nitrogens with one attached hydrogen (secondary N) is 2. The molecule has 0 radical (unpaired) electrons. The summed E-state index contributed by atoms with van der Waals surface area (Å²) in [5, 5.41) is 16.5. The van der Waals surface area contributed by atoms with Gasteiger partial charge in [0.2, 0.25) is 5.91 Å². The van der Waals surface area contributed by atoms with Crippen molar-refractivity contribution >= 4 is 23.0 Å². The quantitative estimate of drug-likeness (QED) is 0.653. The van der Waals surface area contributed by atoms with E-state index in [9.17, 15) is 14.9 Å². The van der Waals surface area contributed by atoms with Gasteiger partial charge in [0.05, 0.1) is 11.5 Å². The van der Waals surface area contributed by atoms with Gasteiger partial charge in [-0.25, -0.2) is 0 Å². The summed E-state index contributed by atoms with van der Waals surface area (Å²) in [6.45, 7) is 5.85. The van der Waals surface area contributed by atoms with Crippen LogP contribution in [0.5, 0.6) is 0 Å². The maximum absolute atomic E-state index is 12.0.